The van der Waals surface area contributed by atoms with Crippen LogP contribution in [0.2, 0.25) is 0 Å². The predicted octanol–water partition coefficient (Wildman–Crippen LogP) is 2.42. The third-order valence-electron chi connectivity index (χ3n) is 2.60. The molecule has 0 aliphatic rings. The molecule has 0 amide bonds. The van der Waals surface area contributed by atoms with E-state index in [1.165, 1.54) is 12.1 Å². The Labute approximate surface area is 118 Å². The SMILES string of the molecule is O=S(=O)(O)c1ccc(NCCOc2ccccc2)cc1. The average Bonchev–Trinajstić information content (AvgIpc) is 2.44. The molecule has 0 unspecified atom stereocenters. The summed E-state index contributed by atoms with van der Waals surface area (Å²) in [6, 6.07) is 15.3. The third kappa shape index (κ3) is 4.25. The monoisotopic (exact) mass is 293 g/mol. The molecule has 0 saturated heterocycles. The van der Waals surface area contributed by atoms with Crippen LogP contribution in [0.15, 0.2) is 59.5 Å². The molecule has 106 valence electrons. The second kappa shape index (κ2) is 6.40. The van der Waals surface area contributed by atoms with Gasteiger partial charge in [-0.1, -0.05) is 18.2 Å². The Morgan fingerprint density at radius 3 is 2.25 bits per heavy atom. The highest BCUT2D eigenvalue weighted by Crippen LogP contribution is 2.13. The zero-order valence-corrected chi connectivity index (χ0v) is 11.5. The van der Waals surface area contributed by atoms with Crippen LogP contribution in [-0.2, 0) is 10.1 Å². The molecule has 0 bridgehead atoms. The molecule has 0 fully saturated rings. The van der Waals surface area contributed by atoms with Crippen molar-refractivity contribution in [3.8, 4) is 5.75 Å². The summed E-state index contributed by atoms with van der Waals surface area (Å²) in [5.41, 5.74) is 0.758. The number of nitrogens with one attached hydrogen (secondary N) is 1. The van der Waals surface area contributed by atoms with Crippen LogP contribution in [0, 0.1) is 0 Å². The zero-order chi connectivity index (χ0) is 14.4. The first-order valence-electron chi connectivity index (χ1n) is 6.05. The van der Waals surface area contributed by atoms with Gasteiger partial charge in [0.25, 0.3) is 10.1 Å². The van der Waals surface area contributed by atoms with Crippen molar-refractivity contribution in [3.05, 3.63) is 54.6 Å². The minimum atomic E-state index is -4.13. The van der Waals surface area contributed by atoms with Crippen LogP contribution in [0.5, 0.6) is 5.75 Å². The van der Waals surface area contributed by atoms with Crippen molar-refractivity contribution in [1.82, 2.24) is 0 Å². The van der Waals surface area contributed by atoms with Gasteiger partial charge in [0, 0.05) is 12.2 Å². The van der Waals surface area contributed by atoms with E-state index in [0.717, 1.165) is 11.4 Å². The maximum Gasteiger partial charge on any atom is 0.294 e. The van der Waals surface area contributed by atoms with E-state index in [-0.39, 0.29) is 4.90 Å². The van der Waals surface area contributed by atoms with Crippen molar-refractivity contribution in [3.63, 3.8) is 0 Å². The first-order valence-corrected chi connectivity index (χ1v) is 7.49. The number of para-hydroxylation sites is 1. The van der Waals surface area contributed by atoms with Gasteiger partial charge in [-0.05, 0) is 36.4 Å². The van der Waals surface area contributed by atoms with Gasteiger partial charge in [0.1, 0.15) is 12.4 Å². The van der Waals surface area contributed by atoms with Gasteiger partial charge in [0.2, 0.25) is 0 Å². The normalized spacial score (nSPS) is 11.1. The van der Waals surface area contributed by atoms with Gasteiger partial charge in [0.15, 0.2) is 0 Å². The average molecular weight is 293 g/mol. The molecule has 0 aliphatic carbocycles. The molecule has 0 radical (unpaired) electrons. The molecular weight excluding hydrogens is 278 g/mol. The van der Waals surface area contributed by atoms with Crippen molar-refractivity contribution >= 4 is 15.8 Å². The van der Waals surface area contributed by atoms with Crippen LogP contribution in [0.25, 0.3) is 0 Å². The van der Waals surface area contributed by atoms with Crippen molar-refractivity contribution in [2.24, 2.45) is 0 Å². The Kier molecular flexibility index (Phi) is 4.60. The Balaban J connectivity index is 1.80. The van der Waals surface area contributed by atoms with Gasteiger partial charge in [-0.3, -0.25) is 4.55 Å². The Bertz CT molecular complexity index is 639. The Hall–Kier alpha value is -2.05. The lowest BCUT2D eigenvalue weighted by Crippen LogP contribution is -2.11. The molecule has 2 aromatic carbocycles. The Morgan fingerprint density at radius 1 is 1.00 bits per heavy atom. The van der Waals surface area contributed by atoms with E-state index in [0.29, 0.717) is 13.2 Å². The molecular formula is C14H15NO4S. The van der Waals surface area contributed by atoms with Gasteiger partial charge in [0.05, 0.1) is 4.90 Å². The third-order valence-corrected chi connectivity index (χ3v) is 3.46. The number of anilines is 1. The first kappa shape index (κ1) is 14.4. The summed E-state index contributed by atoms with van der Waals surface area (Å²) >= 11 is 0. The summed E-state index contributed by atoms with van der Waals surface area (Å²) in [6.07, 6.45) is 0. The van der Waals surface area contributed by atoms with Crippen LogP contribution in [-0.4, -0.2) is 26.1 Å². The van der Waals surface area contributed by atoms with Crippen molar-refractivity contribution in [2.75, 3.05) is 18.5 Å². The first-order chi connectivity index (χ1) is 9.55. The molecule has 5 nitrogen and oxygen atoms in total. The highest BCUT2D eigenvalue weighted by molar-refractivity contribution is 7.85. The number of hydrogen-bond donors (Lipinski definition) is 2. The van der Waals surface area contributed by atoms with Crippen LogP contribution in [0.1, 0.15) is 0 Å². The molecule has 2 aromatic rings. The second-order valence-corrected chi connectivity index (χ2v) is 5.51. The molecule has 0 spiro atoms. The molecule has 0 saturated carbocycles. The Morgan fingerprint density at radius 2 is 1.65 bits per heavy atom. The zero-order valence-electron chi connectivity index (χ0n) is 10.7. The lowest BCUT2D eigenvalue weighted by atomic mass is 10.3. The van der Waals surface area contributed by atoms with Crippen LogP contribution >= 0.6 is 0 Å². The van der Waals surface area contributed by atoms with Crippen molar-refractivity contribution < 1.29 is 17.7 Å². The molecule has 0 aromatic heterocycles. The van der Waals surface area contributed by atoms with Crippen LogP contribution in [0.4, 0.5) is 5.69 Å². The summed E-state index contributed by atoms with van der Waals surface area (Å²) in [4.78, 5) is -0.122. The van der Waals surface area contributed by atoms with Gasteiger partial charge in [-0.25, -0.2) is 0 Å². The highest BCUT2D eigenvalue weighted by Gasteiger charge is 2.07. The fourth-order valence-electron chi connectivity index (χ4n) is 1.63. The fraction of sp³-hybridized carbons (Fsp3) is 0.143. The van der Waals surface area contributed by atoms with E-state index in [2.05, 4.69) is 5.32 Å². The van der Waals surface area contributed by atoms with E-state index in [9.17, 15) is 8.42 Å². The maximum atomic E-state index is 10.9. The van der Waals surface area contributed by atoms with Crippen LogP contribution in [0.3, 0.4) is 0 Å². The van der Waals surface area contributed by atoms with Crippen molar-refractivity contribution in [2.45, 2.75) is 4.90 Å². The molecule has 0 aliphatic heterocycles. The van der Waals surface area contributed by atoms with Gasteiger partial charge in [-0.2, -0.15) is 8.42 Å². The largest absolute Gasteiger partial charge is 0.492 e. The van der Waals surface area contributed by atoms with Gasteiger partial charge >= 0.3 is 0 Å². The minimum Gasteiger partial charge on any atom is -0.492 e. The number of ether oxygens (including phenoxy) is 1. The minimum absolute atomic E-state index is 0.122. The lowest BCUT2D eigenvalue weighted by Gasteiger charge is -2.08. The highest BCUT2D eigenvalue weighted by atomic mass is 32.2. The topological polar surface area (TPSA) is 75.6 Å². The standard InChI is InChI=1S/C14H15NO4S/c16-20(17,18)14-8-6-12(7-9-14)15-10-11-19-13-4-2-1-3-5-13/h1-9,15H,10-11H2,(H,16,17,18). The van der Waals surface area contributed by atoms with E-state index >= 15 is 0 Å². The number of benzene rings is 2. The summed E-state index contributed by atoms with van der Waals surface area (Å²) in [5, 5.41) is 3.09. The van der Waals surface area contributed by atoms with Crippen molar-refractivity contribution in [1.29, 1.82) is 0 Å². The molecule has 0 heterocycles. The van der Waals surface area contributed by atoms with Crippen LogP contribution < -0.4 is 10.1 Å². The smallest absolute Gasteiger partial charge is 0.294 e. The number of hydrogen-bond acceptors (Lipinski definition) is 4. The molecule has 2 rings (SSSR count). The lowest BCUT2D eigenvalue weighted by molar-refractivity contribution is 0.333. The quantitative estimate of drug-likeness (QED) is 0.632. The summed E-state index contributed by atoms with van der Waals surface area (Å²) < 4.78 is 36.1. The molecule has 2 N–H and O–H groups in total. The molecule has 6 heteroatoms. The summed E-state index contributed by atoms with van der Waals surface area (Å²) in [7, 11) is -4.13. The molecule has 20 heavy (non-hydrogen) atoms. The fourth-order valence-corrected chi connectivity index (χ4v) is 2.11. The van der Waals surface area contributed by atoms with E-state index in [1.807, 2.05) is 30.3 Å². The summed E-state index contributed by atoms with van der Waals surface area (Å²) in [6.45, 7) is 1.07. The van der Waals surface area contributed by atoms with E-state index < -0.39 is 10.1 Å². The second-order valence-electron chi connectivity index (χ2n) is 4.09. The maximum absolute atomic E-state index is 10.9. The molecule has 0 atom stereocenters. The van der Waals surface area contributed by atoms with Gasteiger partial charge in [-0.15, -0.1) is 0 Å². The number of rotatable bonds is 6. The predicted molar refractivity (Wildman–Crippen MR) is 76.7 cm³/mol. The summed E-state index contributed by atoms with van der Waals surface area (Å²) in [5.74, 6) is 0.802. The van der Waals surface area contributed by atoms with E-state index in [1.54, 1.807) is 12.1 Å². The van der Waals surface area contributed by atoms with Gasteiger partial charge < -0.3 is 10.1 Å². The van der Waals surface area contributed by atoms with E-state index in [4.69, 9.17) is 9.29 Å².